The summed E-state index contributed by atoms with van der Waals surface area (Å²) in [6.07, 6.45) is 2.82. The molecule has 1 saturated heterocycles. The predicted molar refractivity (Wildman–Crippen MR) is 125 cm³/mol. The Morgan fingerprint density at radius 2 is 1.94 bits per heavy atom. The van der Waals surface area contributed by atoms with Crippen LogP contribution in [0.4, 0.5) is 20.4 Å². The van der Waals surface area contributed by atoms with Crippen LogP contribution in [-0.4, -0.2) is 53.2 Å². The molecule has 2 unspecified atom stereocenters. The molecule has 180 valence electrons. The van der Waals surface area contributed by atoms with Crippen molar-refractivity contribution in [2.75, 3.05) is 23.7 Å². The van der Waals surface area contributed by atoms with Crippen LogP contribution in [0.1, 0.15) is 44.6 Å². The highest BCUT2D eigenvalue weighted by atomic mass is 19.1. The topological polar surface area (TPSA) is 110 Å². The highest BCUT2D eigenvalue weighted by Crippen LogP contribution is 2.34. The van der Waals surface area contributed by atoms with E-state index in [1.807, 2.05) is 13.1 Å². The molecule has 34 heavy (non-hydrogen) atoms. The van der Waals surface area contributed by atoms with Crippen LogP contribution in [0.5, 0.6) is 0 Å². The van der Waals surface area contributed by atoms with Crippen molar-refractivity contribution in [3.8, 4) is 0 Å². The van der Waals surface area contributed by atoms with Crippen LogP contribution in [-0.2, 0) is 6.54 Å². The number of halogens is 2. The number of aryl methyl sites for hydroxylation is 1. The Bertz CT molecular complexity index is 1390. The number of nitrogens with zero attached hydrogens (tertiary/aromatic N) is 7. The monoisotopic (exact) mass is 470 g/mol. The number of hydrogen-bond donors (Lipinski definition) is 2. The number of aromatic nitrogens is 6. The number of nitrogen functional groups attached to an aromatic ring is 1. The van der Waals surface area contributed by atoms with E-state index in [2.05, 4.69) is 32.0 Å². The van der Waals surface area contributed by atoms with Gasteiger partial charge in [-0.3, -0.25) is 4.68 Å². The first-order valence-corrected chi connectivity index (χ1v) is 11.3. The molecule has 0 radical (unpaired) electrons. The van der Waals surface area contributed by atoms with Crippen LogP contribution >= 0.6 is 0 Å². The summed E-state index contributed by atoms with van der Waals surface area (Å²) in [7, 11) is 0. The SMILES string of the molecule is Cc1nn(CC(C)(C)O)cc1N1CC(C)CC(c2nc3c4cc(F)cc(F)c4nc(N)n3n2)C1. The molecule has 11 heteroatoms. The average Bonchev–Trinajstić information content (AvgIpc) is 3.32. The summed E-state index contributed by atoms with van der Waals surface area (Å²) in [5.41, 5.74) is 7.30. The second kappa shape index (κ2) is 7.86. The van der Waals surface area contributed by atoms with Gasteiger partial charge in [0.1, 0.15) is 11.3 Å². The van der Waals surface area contributed by atoms with Crippen molar-refractivity contribution in [1.29, 1.82) is 0 Å². The van der Waals surface area contributed by atoms with Crippen LogP contribution in [0.15, 0.2) is 18.3 Å². The van der Waals surface area contributed by atoms with Crippen LogP contribution in [0.3, 0.4) is 0 Å². The molecule has 0 bridgehead atoms. The van der Waals surface area contributed by atoms with E-state index in [0.717, 1.165) is 30.4 Å². The zero-order chi connectivity index (χ0) is 24.4. The third-order valence-corrected chi connectivity index (χ3v) is 6.17. The molecule has 4 heterocycles. The fourth-order valence-corrected chi connectivity index (χ4v) is 4.88. The number of anilines is 2. The van der Waals surface area contributed by atoms with Crippen molar-refractivity contribution in [3.63, 3.8) is 0 Å². The second-order valence-corrected chi connectivity index (χ2v) is 10.0. The molecule has 0 aliphatic carbocycles. The molecule has 3 aromatic heterocycles. The maximum atomic E-state index is 14.3. The van der Waals surface area contributed by atoms with E-state index in [1.165, 1.54) is 10.6 Å². The van der Waals surface area contributed by atoms with Crippen molar-refractivity contribution in [3.05, 3.63) is 41.5 Å². The average molecular weight is 471 g/mol. The van der Waals surface area contributed by atoms with Gasteiger partial charge in [-0.05, 0) is 39.2 Å². The molecule has 4 aromatic rings. The van der Waals surface area contributed by atoms with Crippen molar-refractivity contribution in [1.82, 2.24) is 29.4 Å². The summed E-state index contributed by atoms with van der Waals surface area (Å²) >= 11 is 0. The summed E-state index contributed by atoms with van der Waals surface area (Å²) in [6.45, 7) is 9.52. The number of nitrogens with two attached hydrogens (primary N) is 1. The van der Waals surface area contributed by atoms with Gasteiger partial charge in [0.15, 0.2) is 17.3 Å². The molecule has 1 fully saturated rings. The van der Waals surface area contributed by atoms with Gasteiger partial charge < -0.3 is 15.7 Å². The molecule has 3 N–H and O–H groups in total. The van der Waals surface area contributed by atoms with Gasteiger partial charge in [-0.1, -0.05) is 6.92 Å². The van der Waals surface area contributed by atoms with Crippen LogP contribution < -0.4 is 10.6 Å². The standard InChI is InChI=1S/C23H28F2N8O/c1-12-5-14(9-31(8-12)18-10-32(29-13(18)2)11-23(3,4)34)20-28-21-16-6-15(24)7-17(25)19(16)27-22(26)33(21)30-20/h6-7,10,12,14,34H,5,8-9,11H2,1-4H3,(H2,26,27). The summed E-state index contributed by atoms with van der Waals surface area (Å²) in [6, 6.07) is 1.98. The van der Waals surface area contributed by atoms with Crippen molar-refractivity contribution in [2.24, 2.45) is 5.92 Å². The number of aliphatic hydroxyl groups is 1. The van der Waals surface area contributed by atoms with E-state index in [9.17, 15) is 13.9 Å². The highest BCUT2D eigenvalue weighted by molar-refractivity contribution is 5.92. The Labute approximate surface area is 195 Å². The first kappa shape index (κ1) is 22.5. The van der Waals surface area contributed by atoms with Crippen molar-refractivity contribution >= 4 is 28.2 Å². The normalized spacial score (nSPS) is 19.4. The largest absolute Gasteiger partial charge is 0.389 e. The lowest BCUT2D eigenvalue weighted by Crippen LogP contribution is -2.39. The number of hydrogen-bond acceptors (Lipinski definition) is 7. The van der Waals surface area contributed by atoms with Gasteiger partial charge in [0.2, 0.25) is 5.95 Å². The smallest absolute Gasteiger partial charge is 0.223 e. The molecule has 9 nitrogen and oxygen atoms in total. The summed E-state index contributed by atoms with van der Waals surface area (Å²) < 4.78 is 31.4. The number of fused-ring (bicyclic) bond motifs is 3. The number of benzene rings is 1. The van der Waals surface area contributed by atoms with Crippen molar-refractivity contribution in [2.45, 2.75) is 52.2 Å². The van der Waals surface area contributed by atoms with Crippen molar-refractivity contribution < 1.29 is 13.9 Å². The summed E-state index contributed by atoms with van der Waals surface area (Å²) in [4.78, 5) is 11.0. The first-order valence-electron chi connectivity index (χ1n) is 11.3. The van der Waals surface area contributed by atoms with Gasteiger partial charge >= 0.3 is 0 Å². The lowest BCUT2D eigenvalue weighted by Gasteiger charge is -2.36. The molecule has 1 aromatic carbocycles. The fourth-order valence-electron chi connectivity index (χ4n) is 4.88. The minimum absolute atomic E-state index is 0.00351. The molecule has 5 rings (SSSR count). The fraction of sp³-hybridized carbons (Fsp3) is 0.478. The number of rotatable bonds is 4. The maximum absolute atomic E-state index is 14.3. The molecule has 0 spiro atoms. The molecule has 1 aliphatic heterocycles. The van der Waals surface area contributed by atoms with E-state index in [0.29, 0.717) is 24.8 Å². The lowest BCUT2D eigenvalue weighted by atomic mass is 9.89. The third kappa shape index (κ3) is 4.04. The molecular weight excluding hydrogens is 442 g/mol. The zero-order valence-electron chi connectivity index (χ0n) is 19.6. The minimum atomic E-state index is -0.871. The zero-order valence-corrected chi connectivity index (χ0v) is 19.6. The van der Waals surface area contributed by atoms with E-state index < -0.39 is 17.2 Å². The van der Waals surface area contributed by atoms with E-state index in [4.69, 9.17) is 5.73 Å². The molecule has 1 aliphatic rings. The number of piperidine rings is 1. The van der Waals surface area contributed by atoms with Gasteiger partial charge in [0, 0.05) is 31.3 Å². The Morgan fingerprint density at radius 3 is 2.68 bits per heavy atom. The molecule has 2 atom stereocenters. The minimum Gasteiger partial charge on any atom is -0.389 e. The lowest BCUT2D eigenvalue weighted by molar-refractivity contribution is 0.0577. The van der Waals surface area contributed by atoms with Gasteiger partial charge in [0.05, 0.1) is 28.9 Å². The van der Waals surface area contributed by atoms with Crippen LogP contribution in [0.2, 0.25) is 0 Å². The Balaban J connectivity index is 1.51. The Kier molecular flexibility index (Phi) is 5.19. The highest BCUT2D eigenvalue weighted by Gasteiger charge is 2.31. The van der Waals surface area contributed by atoms with Gasteiger partial charge in [-0.2, -0.15) is 9.61 Å². The van der Waals surface area contributed by atoms with Crippen LogP contribution in [0, 0.1) is 24.5 Å². The third-order valence-electron chi connectivity index (χ3n) is 6.17. The predicted octanol–water partition coefficient (Wildman–Crippen LogP) is 3.04. The van der Waals surface area contributed by atoms with Gasteiger partial charge in [-0.25, -0.2) is 18.7 Å². The first-order chi connectivity index (χ1) is 16.0. The quantitative estimate of drug-likeness (QED) is 0.472. The molecular formula is C23H28F2N8O. The summed E-state index contributed by atoms with van der Waals surface area (Å²) in [5.74, 6) is -0.609. The molecule has 0 amide bonds. The summed E-state index contributed by atoms with van der Waals surface area (Å²) in [5, 5.41) is 19.5. The van der Waals surface area contributed by atoms with E-state index >= 15 is 0 Å². The Hall–Kier alpha value is -3.34. The van der Waals surface area contributed by atoms with Crippen LogP contribution in [0.25, 0.3) is 16.6 Å². The van der Waals surface area contributed by atoms with Gasteiger partial charge in [-0.15, -0.1) is 5.10 Å². The molecule has 0 saturated carbocycles. The van der Waals surface area contributed by atoms with E-state index in [-0.39, 0.29) is 28.4 Å². The van der Waals surface area contributed by atoms with E-state index in [1.54, 1.807) is 18.5 Å². The second-order valence-electron chi connectivity index (χ2n) is 10.0. The maximum Gasteiger partial charge on any atom is 0.223 e. The Morgan fingerprint density at radius 1 is 1.18 bits per heavy atom. The van der Waals surface area contributed by atoms with Gasteiger partial charge in [0.25, 0.3) is 0 Å².